The quantitative estimate of drug-likeness (QED) is 0.0853. The molecule has 19 heteroatoms. The van der Waals surface area contributed by atoms with Crippen molar-refractivity contribution in [2.75, 3.05) is 19.0 Å². The first kappa shape index (κ1) is 42.6. The number of carbonyl (C=O) groups is 6. The molecule has 2 amide bonds. The molecule has 10 N–H and O–H groups in total. The van der Waals surface area contributed by atoms with Gasteiger partial charge in [-0.05, 0) is 37.1 Å². The highest BCUT2D eigenvalue weighted by molar-refractivity contribution is 6.31. The molecule has 1 heterocycles. The van der Waals surface area contributed by atoms with E-state index in [1.807, 2.05) is 0 Å². The number of carboxylic acids is 1. The predicted molar refractivity (Wildman–Crippen MR) is 201 cm³/mol. The highest BCUT2D eigenvalue weighted by Crippen LogP contribution is 2.52. The van der Waals surface area contributed by atoms with Crippen molar-refractivity contribution in [3.05, 3.63) is 81.4 Å². The van der Waals surface area contributed by atoms with Gasteiger partial charge in [0.25, 0.3) is 0 Å². The summed E-state index contributed by atoms with van der Waals surface area (Å²) in [5, 5.41) is 69.6. The number of ether oxygens (including phenoxy) is 4. The number of nitrogens with one attached hydrogen (secondary N) is 2. The molecule has 314 valence electrons. The summed E-state index contributed by atoms with van der Waals surface area (Å²) < 4.78 is 22.7. The molecule has 0 bridgehead atoms. The average molecular weight is 822 g/mol. The van der Waals surface area contributed by atoms with Crippen LogP contribution in [0, 0.1) is 0 Å². The summed E-state index contributed by atoms with van der Waals surface area (Å²) >= 11 is 0. The number of alkyl carbamates (subject to hydrolysis) is 1. The lowest BCUT2D eigenvalue weighted by molar-refractivity contribution is -0.249. The normalized spacial score (nSPS) is 23.9. The van der Waals surface area contributed by atoms with Crippen LogP contribution in [-0.2, 0) is 41.6 Å². The maximum absolute atomic E-state index is 13.9. The van der Waals surface area contributed by atoms with Crippen LogP contribution in [0.25, 0.3) is 0 Å². The van der Waals surface area contributed by atoms with E-state index >= 15 is 0 Å². The van der Waals surface area contributed by atoms with Crippen molar-refractivity contribution in [3.63, 3.8) is 0 Å². The Hall–Kier alpha value is -5.96. The molecule has 0 radical (unpaired) electrons. The molecule has 19 nitrogen and oxygen atoms in total. The lowest BCUT2D eigenvalue weighted by atomic mass is 9.72. The van der Waals surface area contributed by atoms with Crippen LogP contribution in [0.4, 0.5) is 10.5 Å². The molecule has 6 rings (SSSR count). The number of methoxy groups -OCH3 is 1. The van der Waals surface area contributed by atoms with Gasteiger partial charge in [0.1, 0.15) is 48.2 Å². The average Bonchev–Trinajstić information content (AvgIpc) is 3.20. The number of phenols is 2. The van der Waals surface area contributed by atoms with E-state index in [0.29, 0.717) is 11.3 Å². The number of phenolic OH excluding ortho intramolecular Hbond substituents is 2. The number of carbonyl (C=O) groups excluding carboxylic acids is 5. The van der Waals surface area contributed by atoms with Gasteiger partial charge in [0.05, 0.1) is 42.0 Å². The van der Waals surface area contributed by atoms with Gasteiger partial charge in [-0.15, -0.1) is 0 Å². The van der Waals surface area contributed by atoms with Crippen molar-refractivity contribution in [2.45, 2.75) is 87.9 Å². The molecule has 3 aliphatic rings. The van der Waals surface area contributed by atoms with Crippen LogP contribution in [0.2, 0.25) is 0 Å². The number of hydrogen-bond acceptors (Lipinski definition) is 16. The summed E-state index contributed by atoms with van der Waals surface area (Å²) in [5.74, 6) is -5.90. The summed E-state index contributed by atoms with van der Waals surface area (Å²) in [6, 6.07) is 8.29. The first-order valence-electron chi connectivity index (χ1n) is 18.5. The monoisotopic (exact) mass is 821 g/mol. The number of Topliss-reactive ketones (excluding diaryl/α,β-unsaturated/α-hetero) is 1. The number of aliphatic hydroxyl groups excluding tert-OH is 2. The number of aromatic hydroxyl groups is 2. The zero-order valence-corrected chi connectivity index (χ0v) is 31.8. The number of hydrogen-bond donors (Lipinski definition) is 9. The molecular weight excluding hydrogens is 778 g/mol. The van der Waals surface area contributed by atoms with Gasteiger partial charge in [-0.3, -0.25) is 24.0 Å². The second-order valence-corrected chi connectivity index (χ2v) is 14.6. The summed E-state index contributed by atoms with van der Waals surface area (Å²) in [6.45, 7) is 0.157. The molecule has 5 unspecified atom stereocenters. The third kappa shape index (κ3) is 8.47. The van der Waals surface area contributed by atoms with Gasteiger partial charge >= 0.3 is 12.1 Å². The molecule has 1 fully saturated rings. The summed E-state index contributed by atoms with van der Waals surface area (Å²) in [6.07, 6.45) is -7.73. The smallest absolute Gasteiger partial charge is 0.407 e. The van der Waals surface area contributed by atoms with E-state index in [4.69, 9.17) is 29.8 Å². The zero-order valence-electron chi connectivity index (χ0n) is 31.8. The second-order valence-electron chi connectivity index (χ2n) is 14.6. The first-order valence-corrected chi connectivity index (χ1v) is 18.5. The molecule has 7 atom stereocenters. The number of fused-ring (bicyclic) bond motifs is 3. The number of rotatable bonds is 13. The van der Waals surface area contributed by atoms with Gasteiger partial charge in [0, 0.05) is 48.1 Å². The summed E-state index contributed by atoms with van der Waals surface area (Å²) in [5.41, 5.74) is 2.10. The lowest BCUT2D eigenvalue weighted by Gasteiger charge is -2.42. The van der Waals surface area contributed by atoms with Gasteiger partial charge in [-0.25, -0.2) is 4.79 Å². The number of anilines is 1. The van der Waals surface area contributed by atoms with Crippen LogP contribution in [0.1, 0.15) is 87.2 Å². The fourth-order valence-electron chi connectivity index (χ4n) is 7.52. The molecule has 0 spiro atoms. The van der Waals surface area contributed by atoms with E-state index in [1.165, 1.54) is 32.2 Å². The maximum Gasteiger partial charge on any atom is 0.407 e. The minimum absolute atomic E-state index is 0.0384. The van der Waals surface area contributed by atoms with Crippen LogP contribution in [-0.4, -0.2) is 116 Å². The predicted octanol–water partition coefficient (Wildman–Crippen LogP) is 1.10. The molecule has 3 aromatic rings. The summed E-state index contributed by atoms with van der Waals surface area (Å²) in [4.78, 5) is 76.5. The minimum Gasteiger partial charge on any atom is -0.507 e. The van der Waals surface area contributed by atoms with Crippen LogP contribution in [0.15, 0.2) is 42.5 Å². The fourth-order valence-corrected chi connectivity index (χ4v) is 7.52. The number of ketones is 3. The van der Waals surface area contributed by atoms with Crippen molar-refractivity contribution >= 4 is 41.0 Å². The van der Waals surface area contributed by atoms with Crippen LogP contribution in [0.5, 0.6) is 17.2 Å². The van der Waals surface area contributed by atoms with E-state index in [9.17, 15) is 54.3 Å². The lowest BCUT2D eigenvalue weighted by Crippen LogP contribution is -2.56. The Kier molecular flexibility index (Phi) is 12.4. The number of amides is 2. The standard InChI is InChI=1S/C40H43N3O16/c1-17-33(47)23(43-39(54)57-16-18-6-8-19(9-7-18)42-27(46)11-10-22(41)38(52)53)12-28(58-17)59-25-14-40(55,26(45)15-44)13-21-30(25)37(51)32-31(35(21)49)34(48)20-4-3-5-24(56-2)29(20)36(32)50/h3-9,17,22-23,25,28,33,44,47,49,51,55H,10-16,41H2,1-2H3,(H,42,46)(H,43,54)(H,52,53)/t17?,22?,23?,25-,28?,33?,40-/m0/s1. The highest BCUT2D eigenvalue weighted by Gasteiger charge is 2.50. The van der Waals surface area contributed by atoms with Crippen molar-refractivity contribution in [3.8, 4) is 17.2 Å². The number of aliphatic hydroxyl groups is 3. The molecular formula is C40H43N3O16. The number of carboxylic acid groups (broad SMARTS) is 1. The van der Waals surface area contributed by atoms with E-state index in [-0.39, 0.29) is 53.9 Å². The van der Waals surface area contributed by atoms with Crippen LogP contribution in [0.3, 0.4) is 0 Å². The van der Waals surface area contributed by atoms with Crippen molar-refractivity contribution in [2.24, 2.45) is 5.73 Å². The van der Waals surface area contributed by atoms with E-state index in [0.717, 1.165) is 0 Å². The van der Waals surface area contributed by atoms with Crippen LogP contribution < -0.4 is 21.1 Å². The topological polar surface area (TPSA) is 311 Å². The number of nitrogens with two attached hydrogens (primary N) is 1. The Balaban J connectivity index is 1.18. The van der Waals surface area contributed by atoms with Crippen LogP contribution >= 0.6 is 0 Å². The highest BCUT2D eigenvalue weighted by atomic mass is 16.7. The number of aliphatic carboxylic acids is 1. The SMILES string of the molecule is COc1cccc2c1C(=O)c1c(O)c3c(c(O)c1C2=O)C[C@@](O)(C(=O)CO)C[C@@H]3OC1CC(NC(=O)OCc2ccc(NC(=O)CCC(N)C(=O)O)cc2)C(O)C(C)O1. The molecule has 3 aromatic carbocycles. The van der Waals surface area contributed by atoms with Gasteiger partial charge in [0.15, 0.2) is 17.9 Å². The molecule has 0 aromatic heterocycles. The van der Waals surface area contributed by atoms with Crippen molar-refractivity contribution in [1.29, 1.82) is 0 Å². The Bertz CT molecular complexity index is 2190. The maximum atomic E-state index is 13.9. The minimum atomic E-state index is -2.38. The molecule has 59 heavy (non-hydrogen) atoms. The molecule has 1 saturated heterocycles. The second kappa shape index (κ2) is 17.1. The first-order chi connectivity index (χ1) is 28.0. The van der Waals surface area contributed by atoms with E-state index < -0.39 is 120 Å². The Labute approximate surface area is 335 Å². The Morgan fingerprint density at radius 2 is 1.71 bits per heavy atom. The van der Waals surface area contributed by atoms with E-state index in [2.05, 4.69) is 10.6 Å². The zero-order chi connectivity index (χ0) is 42.9. The Morgan fingerprint density at radius 1 is 1.02 bits per heavy atom. The van der Waals surface area contributed by atoms with Crippen molar-refractivity contribution < 1.29 is 78.4 Å². The molecule has 2 aliphatic carbocycles. The Morgan fingerprint density at radius 3 is 2.37 bits per heavy atom. The van der Waals surface area contributed by atoms with Gasteiger partial charge in [-0.2, -0.15) is 0 Å². The third-order valence-electron chi connectivity index (χ3n) is 10.7. The van der Waals surface area contributed by atoms with Gasteiger partial charge in [0.2, 0.25) is 11.7 Å². The van der Waals surface area contributed by atoms with Crippen molar-refractivity contribution in [1.82, 2.24) is 5.32 Å². The van der Waals surface area contributed by atoms with E-state index in [1.54, 1.807) is 24.3 Å². The van der Waals surface area contributed by atoms with Gasteiger partial charge < -0.3 is 66.0 Å². The molecule has 1 aliphatic heterocycles. The summed E-state index contributed by atoms with van der Waals surface area (Å²) in [7, 11) is 1.29. The largest absolute Gasteiger partial charge is 0.507 e. The third-order valence-corrected chi connectivity index (χ3v) is 10.7. The fraction of sp³-hybridized carbons (Fsp3) is 0.400. The van der Waals surface area contributed by atoms with Gasteiger partial charge in [-0.1, -0.05) is 24.3 Å². The molecule has 0 saturated carbocycles. The number of benzene rings is 3.